The summed E-state index contributed by atoms with van der Waals surface area (Å²) in [5.74, 6) is 0.957. The molecule has 1 aliphatic heterocycles. The maximum Gasteiger partial charge on any atom is 0.239 e. The van der Waals surface area contributed by atoms with Gasteiger partial charge in [0.15, 0.2) is 11.5 Å². The molecule has 0 aromatic heterocycles. The molecule has 1 heterocycles. The summed E-state index contributed by atoms with van der Waals surface area (Å²) in [5, 5.41) is 5.15. The van der Waals surface area contributed by atoms with Gasteiger partial charge in [-0.2, -0.15) is 0 Å². The van der Waals surface area contributed by atoms with Crippen LogP contribution in [0.3, 0.4) is 0 Å². The predicted octanol–water partition coefficient (Wildman–Crippen LogP) is 0.210. The van der Waals surface area contributed by atoms with E-state index in [1.807, 2.05) is 18.2 Å². The molecule has 2 N–H and O–H groups in total. The predicted molar refractivity (Wildman–Crippen MR) is 68.0 cm³/mol. The summed E-state index contributed by atoms with van der Waals surface area (Å²) in [6, 6.07) is 5.53. The third-order valence-electron chi connectivity index (χ3n) is 2.59. The van der Waals surface area contributed by atoms with Gasteiger partial charge in [0.1, 0.15) is 13.2 Å². The van der Waals surface area contributed by atoms with Gasteiger partial charge in [-0.3, -0.25) is 9.59 Å². The van der Waals surface area contributed by atoms with Crippen molar-refractivity contribution in [3.8, 4) is 11.5 Å². The molecule has 6 nitrogen and oxygen atoms in total. The fourth-order valence-corrected chi connectivity index (χ4v) is 1.67. The van der Waals surface area contributed by atoms with Gasteiger partial charge in [0, 0.05) is 13.5 Å². The van der Waals surface area contributed by atoms with Gasteiger partial charge in [-0.25, -0.2) is 0 Å². The Hall–Kier alpha value is -2.24. The number of amides is 2. The van der Waals surface area contributed by atoms with Crippen LogP contribution in [-0.2, 0) is 16.1 Å². The minimum atomic E-state index is -0.231. The normalized spacial score (nSPS) is 12.7. The number of nitrogens with one attached hydrogen (secondary N) is 2. The van der Waals surface area contributed by atoms with E-state index in [0.717, 1.165) is 11.3 Å². The highest BCUT2D eigenvalue weighted by Crippen LogP contribution is 2.30. The molecular formula is C13H16N2O4. The van der Waals surface area contributed by atoms with Crippen LogP contribution >= 0.6 is 0 Å². The van der Waals surface area contributed by atoms with Crippen molar-refractivity contribution in [2.75, 3.05) is 19.8 Å². The molecule has 0 spiro atoms. The minimum absolute atomic E-state index is 0.0140. The van der Waals surface area contributed by atoms with Crippen molar-refractivity contribution in [3.63, 3.8) is 0 Å². The zero-order valence-electron chi connectivity index (χ0n) is 10.7. The first-order chi connectivity index (χ1) is 9.15. The molecule has 2 amide bonds. The summed E-state index contributed by atoms with van der Waals surface area (Å²) in [6.07, 6.45) is 0. The van der Waals surface area contributed by atoms with Crippen molar-refractivity contribution in [3.05, 3.63) is 23.8 Å². The standard InChI is InChI=1S/C13H16N2O4/c1-9(16)14-8-13(17)15-7-10-2-3-11-12(6-10)19-5-4-18-11/h2-3,6H,4-5,7-8H2,1H3,(H,14,16)(H,15,17). The smallest absolute Gasteiger partial charge is 0.239 e. The molecule has 0 unspecified atom stereocenters. The molecule has 6 heteroatoms. The van der Waals surface area contributed by atoms with Crippen molar-refractivity contribution >= 4 is 11.8 Å². The zero-order chi connectivity index (χ0) is 13.7. The van der Waals surface area contributed by atoms with Crippen LogP contribution in [0.5, 0.6) is 11.5 Å². The van der Waals surface area contributed by atoms with E-state index < -0.39 is 0 Å². The van der Waals surface area contributed by atoms with E-state index in [9.17, 15) is 9.59 Å². The molecule has 19 heavy (non-hydrogen) atoms. The average molecular weight is 264 g/mol. The molecule has 1 aromatic rings. The fraction of sp³-hybridized carbons (Fsp3) is 0.385. The van der Waals surface area contributed by atoms with E-state index in [1.54, 1.807) is 0 Å². The molecule has 0 saturated heterocycles. The third kappa shape index (κ3) is 3.87. The van der Waals surface area contributed by atoms with Crippen LogP contribution in [0.4, 0.5) is 0 Å². The average Bonchev–Trinajstić information content (AvgIpc) is 2.42. The van der Waals surface area contributed by atoms with Crippen molar-refractivity contribution in [2.45, 2.75) is 13.5 Å². The van der Waals surface area contributed by atoms with Crippen LogP contribution in [0, 0.1) is 0 Å². The fourth-order valence-electron chi connectivity index (χ4n) is 1.67. The second-order valence-corrected chi connectivity index (χ2v) is 4.16. The maximum absolute atomic E-state index is 11.4. The number of hydrogen-bond acceptors (Lipinski definition) is 4. The molecule has 0 atom stereocenters. The van der Waals surface area contributed by atoms with Crippen molar-refractivity contribution in [1.82, 2.24) is 10.6 Å². The first-order valence-electron chi connectivity index (χ1n) is 6.05. The van der Waals surface area contributed by atoms with Crippen LogP contribution in [0.2, 0.25) is 0 Å². The Morgan fingerprint density at radius 3 is 2.63 bits per heavy atom. The highest BCUT2D eigenvalue weighted by Gasteiger charge is 2.11. The molecular weight excluding hydrogens is 248 g/mol. The second-order valence-electron chi connectivity index (χ2n) is 4.16. The second kappa shape index (κ2) is 6.08. The summed E-state index contributed by atoms with van der Waals surface area (Å²) >= 11 is 0. The Balaban J connectivity index is 1.86. The van der Waals surface area contributed by atoms with E-state index in [2.05, 4.69) is 10.6 Å². The Labute approximate surface area is 111 Å². The molecule has 0 bridgehead atoms. The SMILES string of the molecule is CC(=O)NCC(=O)NCc1ccc2c(c1)OCCO2. The van der Waals surface area contributed by atoms with Gasteiger partial charge in [-0.15, -0.1) is 0 Å². The molecule has 1 aromatic carbocycles. The zero-order valence-corrected chi connectivity index (χ0v) is 10.7. The number of ether oxygens (including phenoxy) is 2. The Kier molecular flexibility index (Phi) is 4.22. The van der Waals surface area contributed by atoms with Crippen molar-refractivity contribution in [2.24, 2.45) is 0 Å². The van der Waals surface area contributed by atoms with E-state index >= 15 is 0 Å². The lowest BCUT2D eigenvalue weighted by Gasteiger charge is -2.19. The van der Waals surface area contributed by atoms with Crippen LogP contribution in [-0.4, -0.2) is 31.6 Å². The Morgan fingerprint density at radius 2 is 1.89 bits per heavy atom. The van der Waals surface area contributed by atoms with Gasteiger partial charge in [0.05, 0.1) is 6.54 Å². The van der Waals surface area contributed by atoms with Gasteiger partial charge >= 0.3 is 0 Å². The highest BCUT2D eigenvalue weighted by molar-refractivity contribution is 5.83. The summed E-state index contributed by atoms with van der Waals surface area (Å²) in [7, 11) is 0. The lowest BCUT2D eigenvalue weighted by Crippen LogP contribution is -2.35. The number of carbonyl (C=O) groups excluding carboxylic acids is 2. The molecule has 102 valence electrons. The molecule has 0 radical (unpaired) electrons. The van der Waals surface area contributed by atoms with Crippen LogP contribution in [0.1, 0.15) is 12.5 Å². The first-order valence-corrected chi connectivity index (χ1v) is 6.05. The quantitative estimate of drug-likeness (QED) is 0.815. The highest BCUT2D eigenvalue weighted by atomic mass is 16.6. The van der Waals surface area contributed by atoms with E-state index in [0.29, 0.717) is 25.5 Å². The minimum Gasteiger partial charge on any atom is -0.486 e. The molecule has 0 aliphatic carbocycles. The Bertz CT molecular complexity index is 488. The number of carbonyl (C=O) groups is 2. The van der Waals surface area contributed by atoms with Crippen LogP contribution in [0.25, 0.3) is 0 Å². The summed E-state index contributed by atoms with van der Waals surface area (Å²) in [4.78, 5) is 22.1. The number of rotatable bonds is 4. The molecule has 0 saturated carbocycles. The van der Waals surface area contributed by atoms with Crippen molar-refractivity contribution < 1.29 is 19.1 Å². The van der Waals surface area contributed by atoms with Crippen LogP contribution in [0.15, 0.2) is 18.2 Å². The largest absolute Gasteiger partial charge is 0.486 e. The van der Waals surface area contributed by atoms with Crippen molar-refractivity contribution in [1.29, 1.82) is 0 Å². The van der Waals surface area contributed by atoms with Gasteiger partial charge in [-0.1, -0.05) is 6.07 Å². The van der Waals surface area contributed by atoms with Gasteiger partial charge in [-0.05, 0) is 17.7 Å². The van der Waals surface area contributed by atoms with Crippen LogP contribution < -0.4 is 20.1 Å². The van der Waals surface area contributed by atoms with Gasteiger partial charge in [0.25, 0.3) is 0 Å². The summed E-state index contributed by atoms with van der Waals surface area (Å²) < 4.78 is 10.9. The van der Waals surface area contributed by atoms with Gasteiger partial charge < -0.3 is 20.1 Å². The topological polar surface area (TPSA) is 76.7 Å². The molecule has 1 aliphatic rings. The number of hydrogen-bond donors (Lipinski definition) is 2. The number of fused-ring (bicyclic) bond motifs is 1. The lowest BCUT2D eigenvalue weighted by atomic mass is 10.2. The van der Waals surface area contributed by atoms with E-state index in [-0.39, 0.29) is 18.4 Å². The monoisotopic (exact) mass is 264 g/mol. The first kappa shape index (κ1) is 13.2. The molecule has 0 fully saturated rings. The lowest BCUT2D eigenvalue weighted by molar-refractivity contribution is -0.125. The van der Waals surface area contributed by atoms with E-state index in [4.69, 9.17) is 9.47 Å². The summed E-state index contributed by atoms with van der Waals surface area (Å²) in [5.41, 5.74) is 0.917. The summed E-state index contributed by atoms with van der Waals surface area (Å²) in [6.45, 7) is 2.83. The third-order valence-corrected chi connectivity index (χ3v) is 2.59. The van der Waals surface area contributed by atoms with Gasteiger partial charge in [0.2, 0.25) is 11.8 Å². The Morgan fingerprint density at radius 1 is 1.16 bits per heavy atom. The maximum atomic E-state index is 11.4. The molecule has 2 rings (SSSR count). The van der Waals surface area contributed by atoms with E-state index in [1.165, 1.54) is 6.92 Å². The number of benzene rings is 1.